The zero-order chi connectivity index (χ0) is 24.7. The third kappa shape index (κ3) is 5.40. The molecule has 0 radical (unpaired) electrons. The zero-order valence-corrected chi connectivity index (χ0v) is 20.1. The fourth-order valence-electron chi connectivity index (χ4n) is 3.71. The first-order chi connectivity index (χ1) is 17.7. The van der Waals surface area contributed by atoms with Gasteiger partial charge in [0, 0.05) is 16.7 Å². The Bertz CT molecular complexity index is 1410. The maximum absolute atomic E-state index is 12.6. The lowest BCUT2D eigenvalue weighted by Gasteiger charge is -2.07. The number of amides is 1. The Morgan fingerprint density at radius 1 is 0.694 bits per heavy atom. The van der Waals surface area contributed by atoms with Crippen LogP contribution in [-0.4, -0.2) is 23.3 Å². The summed E-state index contributed by atoms with van der Waals surface area (Å²) in [6.07, 6.45) is 0. The fraction of sp³-hybridized carbons (Fsp3) is 0.0333. The van der Waals surface area contributed by atoms with E-state index in [1.54, 1.807) is 36.4 Å². The van der Waals surface area contributed by atoms with Gasteiger partial charge in [-0.1, -0.05) is 102 Å². The summed E-state index contributed by atoms with van der Waals surface area (Å²) >= 11 is 1.42. The number of nitrogens with zero attached hydrogens (tertiary/aromatic N) is 1. The van der Waals surface area contributed by atoms with Crippen molar-refractivity contribution in [2.45, 2.75) is 0 Å². The molecule has 6 heteroatoms. The summed E-state index contributed by atoms with van der Waals surface area (Å²) in [6.45, 7) is -0.174. The summed E-state index contributed by atoms with van der Waals surface area (Å²) in [5.41, 5.74) is 4.02. The number of hydrogen-bond acceptors (Lipinski definition) is 5. The summed E-state index contributed by atoms with van der Waals surface area (Å²) in [6, 6.07) is 35.7. The minimum atomic E-state index is -0.313. The number of nitrogens with one attached hydrogen (secondary N) is 1. The summed E-state index contributed by atoms with van der Waals surface area (Å²) in [7, 11) is 0. The molecule has 4 aromatic carbocycles. The van der Waals surface area contributed by atoms with Crippen LogP contribution in [0.4, 0.5) is 5.13 Å². The van der Waals surface area contributed by atoms with E-state index < -0.39 is 0 Å². The van der Waals surface area contributed by atoms with E-state index in [-0.39, 0.29) is 18.3 Å². The maximum Gasteiger partial charge on any atom is 0.264 e. The molecule has 5 nitrogen and oxygen atoms in total. The van der Waals surface area contributed by atoms with Gasteiger partial charge in [0.2, 0.25) is 0 Å². The largest absolute Gasteiger partial charge is 0.484 e. The SMILES string of the molecule is O=C(COc1ccc(C(=O)c2ccccc2)cc1)Nc1nc(-c2ccccc2)c(-c2ccccc2)s1. The Labute approximate surface area is 213 Å². The van der Waals surface area contributed by atoms with Crippen molar-refractivity contribution in [2.75, 3.05) is 11.9 Å². The highest BCUT2D eigenvalue weighted by Crippen LogP contribution is 2.38. The van der Waals surface area contributed by atoms with Gasteiger partial charge in [-0.2, -0.15) is 0 Å². The van der Waals surface area contributed by atoms with Gasteiger partial charge in [-0.25, -0.2) is 4.98 Å². The number of rotatable bonds is 8. The number of aromatic nitrogens is 1. The first-order valence-electron chi connectivity index (χ1n) is 11.4. The molecule has 0 aliphatic heterocycles. The Kier molecular flexibility index (Phi) is 6.96. The van der Waals surface area contributed by atoms with Crippen LogP contribution in [0.3, 0.4) is 0 Å². The molecule has 0 saturated carbocycles. The van der Waals surface area contributed by atoms with Crippen LogP contribution >= 0.6 is 11.3 Å². The minimum absolute atomic E-state index is 0.0629. The van der Waals surface area contributed by atoms with E-state index in [4.69, 9.17) is 9.72 Å². The number of carbonyl (C=O) groups is 2. The van der Waals surface area contributed by atoms with Gasteiger partial charge in [0.15, 0.2) is 17.5 Å². The maximum atomic E-state index is 12.6. The van der Waals surface area contributed by atoms with Gasteiger partial charge in [-0.15, -0.1) is 0 Å². The van der Waals surface area contributed by atoms with Gasteiger partial charge in [-0.05, 0) is 29.8 Å². The van der Waals surface area contributed by atoms with E-state index in [1.165, 1.54) is 11.3 Å². The number of thiazole rings is 1. The minimum Gasteiger partial charge on any atom is -0.484 e. The highest BCUT2D eigenvalue weighted by atomic mass is 32.1. The number of hydrogen-bond donors (Lipinski definition) is 1. The van der Waals surface area contributed by atoms with Gasteiger partial charge in [-0.3, -0.25) is 14.9 Å². The van der Waals surface area contributed by atoms with Crippen molar-refractivity contribution in [1.82, 2.24) is 4.98 Å². The molecule has 176 valence electrons. The Morgan fingerprint density at radius 2 is 1.25 bits per heavy atom. The van der Waals surface area contributed by atoms with E-state index in [2.05, 4.69) is 5.32 Å². The monoisotopic (exact) mass is 490 g/mol. The van der Waals surface area contributed by atoms with E-state index >= 15 is 0 Å². The van der Waals surface area contributed by atoms with Crippen LogP contribution in [-0.2, 0) is 4.79 Å². The summed E-state index contributed by atoms with van der Waals surface area (Å²) < 4.78 is 5.64. The lowest BCUT2D eigenvalue weighted by atomic mass is 10.0. The van der Waals surface area contributed by atoms with E-state index in [0.29, 0.717) is 22.0 Å². The molecule has 0 atom stereocenters. The van der Waals surface area contributed by atoms with Crippen LogP contribution in [0.15, 0.2) is 115 Å². The molecule has 0 aliphatic rings. The van der Waals surface area contributed by atoms with Crippen molar-refractivity contribution < 1.29 is 14.3 Å². The molecular weight excluding hydrogens is 468 g/mol. The molecule has 36 heavy (non-hydrogen) atoms. The average Bonchev–Trinajstić information content (AvgIpc) is 3.37. The van der Waals surface area contributed by atoms with Gasteiger partial charge in [0.1, 0.15) is 5.75 Å². The van der Waals surface area contributed by atoms with Crippen molar-refractivity contribution in [3.05, 3.63) is 126 Å². The molecule has 0 bridgehead atoms. The molecule has 0 aliphatic carbocycles. The van der Waals surface area contributed by atoms with Crippen LogP contribution in [0.5, 0.6) is 5.75 Å². The normalized spacial score (nSPS) is 10.6. The second-order valence-electron chi connectivity index (χ2n) is 7.99. The lowest BCUT2D eigenvalue weighted by molar-refractivity contribution is -0.118. The lowest BCUT2D eigenvalue weighted by Crippen LogP contribution is -2.20. The summed E-state index contributed by atoms with van der Waals surface area (Å²) in [4.78, 5) is 30.9. The smallest absolute Gasteiger partial charge is 0.264 e. The van der Waals surface area contributed by atoms with Crippen molar-refractivity contribution in [1.29, 1.82) is 0 Å². The number of anilines is 1. The van der Waals surface area contributed by atoms with Crippen LogP contribution in [0.2, 0.25) is 0 Å². The first kappa shape index (κ1) is 23.2. The van der Waals surface area contributed by atoms with Crippen LogP contribution in [0.25, 0.3) is 21.7 Å². The van der Waals surface area contributed by atoms with Crippen molar-refractivity contribution in [3.63, 3.8) is 0 Å². The summed E-state index contributed by atoms with van der Waals surface area (Å²) in [5.74, 6) is 0.128. The molecule has 1 heterocycles. The quantitative estimate of drug-likeness (QED) is 0.245. The molecule has 0 spiro atoms. The van der Waals surface area contributed by atoms with Crippen molar-refractivity contribution >= 4 is 28.2 Å². The molecule has 1 amide bonds. The fourth-order valence-corrected chi connectivity index (χ4v) is 4.72. The Hall–Kier alpha value is -4.55. The molecule has 0 unspecified atom stereocenters. The highest BCUT2D eigenvalue weighted by Gasteiger charge is 2.16. The van der Waals surface area contributed by atoms with Crippen LogP contribution in [0, 0.1) is 0 Å². The van der Waals surface area contributed by atoms with Crippen molar-refractivity contribution in [3.8, 4) is 27.4 Å². The number of ether oxygens (including phenoxy) is 1. The topological polar surface area (TPSA) is 68.3 Å². The average molecular weight is 491 g/mol. The summed E-state index contributed by atoms with van der Waals surface area (Å²) in [5, 5.41) is 3.36. The number of benzene rings is 4. The van der Waals surface area contributed by atoms with E-state index in [1.807, 2.05) is 78.9 Å². The second-order valence-corrected chi connectivity index (χ2v) is 8.98. The van der Waals surface area contributed by atoms with E-state index in [0.717, 1.165) is 21.7 Å². The van der Waals surface area contributed by atoms with Gasteiger partial charge in [0.05, 0.1) is 10.6 Å². The van der Waals surface area contributed by atoms with Crippen LogP contribution in [0.1, 0.15) is 15.9 Å². The molecule has 0 fully saturated rings. The number of ketones is 1. The molecule has 1 aromatic heterocycles. The Balaban J connectivity index is 1.26. The first-order valence-corrected chi connectivity index (χ1v) is 12.2. The zero-order valence-electron chi connectivity index (χ0n) is 19.3. The van der Waals surface area contributed by atoms with Gasteiger partial charge in [0.25, 0.3) is 5.91 Å². The molecular formula is C30H22N2O3S. The van der Waals surface area contributed by atoms with Crippen molar-refractivity contribution in [2.24, 2.45) is 0 Å². The standard InChI is InChI=1S/C30H22N2O3S/c33-26(20-35-25-18-16-23(17-19-25)28(34)22-12-6-2-7-13-22)31-30-32-27(21-10-4-1-5-11-21)29(36-30)24-14-8-3-9-15-24/h1-19H,20H2,(H,31,32,33). The predicted octanol–water partition coefficient (Wildman–Crippen LogP) is 6.73. The van der Waals surface area contributed by atoms with Gasteiger partial charge < -0.3 is 4.74 Å². The predicted molar refractivity (Wildman–Crippen MR) is 143 cm³/mol. The second kappa shape index (κ2) is 10.8. The Morgan fingerprint density at radius 3 is 1.89 bits per heavy atom. The number of carbonyl (C=O) groups excluding carboxylic acids is 2. The molecule has 5 aromatic rings. The molecule has 1 N–H and O–H groups in total. The highest BCUT2D eigenvalue weighted by molar-refractivity contribution is 7.19. The third-order valence-corrected chi connectivity index (χ3v) is 6.50. The van der Waals surface area contributed by atoms with Crippen LogP contribution < -0.4 is 10.1 Å². The van der Waals surface area contributed by atoms with E-state index in [9.17, 15) is 9.59 Å². The molecule has 5 rings (SSSR count). The molecule has 0 saturated heterocycles. The van der Waals surface area contributed by atoms with Gasteiger partial charge >= 0.3 is 0 Å². The third-order valence-electron chi connectivity index (χ3n) is 5.48.